The average molecular weight is 548 g/mol. The largest absolute Gasteiger partial charge is 0.493 e. The number of amides is 1. The molecule has 8 nitrogen and oxygen atoms in total. The van der Waals surface area contributed by atoms with E-state index in [1.165, 1.54) is 0 Å². The number of ether oxygens (including phenoxy) is 3. The maximum Gasteiger partial charge on any atom is 0.223 e. The van der Waals surface area contributed by atoms with Crippen LogP contribution in [-0.2, 0) is 16.0 Å². The van der Waals surface area contributed by atoms with Gasteiger partial charge in [0.05, 0.1) is 19.8 Å². The molecule has 1 fully saturated rings. The molecule has 1 aromatic rings. The molecule has 0 radical (unpaired) electrons. The van der Waals surface area contributed by atoms with Crippen LogP contribution >= 0.6 is 0 Å². The summed E-state index contributed by atoms with van der Waals surface area (Å²) < 4.78 is 16.5. The van der Waals surface area contributed by atoms with E-state index in [9.17, 15) is 9.90 Å². The summed E-state index contributed by atoms with van der Waals surface area (Å²) in [6.45, 7) is 11.4. The number of hydrogen-bond donors (Lipinski definition) is 4. The van der Waals surface area contributed by atoms with Crippen molar-refractivity contribution in [3.8, 4) is 11.5 Å². The number of carbonyl (C=O) groups is 1. The van der Waals surface area contributed by atoms with Crippen molar-refractivity contribution in [1.29, 1.82) is 0 Å². The smallest absolute Gasteiger partial charge is 0.223 e. The van der Waals surface area contributed by atoms with Crippen molar-refractivity contribution in [2.24, 2.45) is 29.2 Å². The van der Waals surface area contributed by atoms with E-state index >= 15 is 0 Å². The molecule has 6 N–H and O–H groups in total. The van der Waals surface area contributed by atoms with E-state index in [1.54, 1.807) is 14.2 Å². The van der Waals surface area contributed by atoms with E-state index < -0.39 is 12.1 Å². The Morgan fingerprint density at radius 2 is 1.82 bits per heavy atom. The Kier molecular flexibility index (Phi) is 14.3. The van der Waals surface area contributed by atoms with Gasteiger partial charge in [0.25, 0.3) is 0 Å². The first-order valence-corrected chi connectivity index (χ1v) is 14.5. The number of carbonyl (C=O) groups excluding carboxylic acids is 1. The number of aliphatic hydroxyl groups is 1. The number of allylic oxidation sites excluding steroid dienone is 1. The van der Waals surface area contributed by atoms with Crippen molar-refractivity contribution < 1.29 is 24.1 Å². The summed E-state index contributed by atoms with van der Waals surface area (Å²) in [4.78, 5) is 13.1. The first kappa shape index (κ1) is 33.1. The normalized spacial score (nSPS) is 20.6. The summed E-state index contributed by atoms with van der Waals surface area (Å²) >= 11 is 0. The zero-order valence-corrected chi connectivity index (χ0v) is 24.8. The van der Waals surface area contributed by atoms with Crippen molar-refractivity contribution in [2.75, 3.05) is 27.4 Å². The highest BCUT2D eigenvalue weighted by Crippen LogP contribution is 2.31. The number of nitrogens with two attached hydrogens (primary N) is 2. The number of nitrogens with one attached hydrogen (secondary N) is 1. The molecule has 1 aliphatic carbocycles. The van der Waals surface area contributed by atoms with Gasteiger partial charge in [0.15, 0.2) is 11.5 Å². The van der Waals surface area contributed by atoms with E-state index in [2.05, 4.69) is 11.9 Å². The molecule has 39 heavy (non-hydrogen) atoms. The van der Waals surface area contributed by atoms with Crippen LogP contribution in [0.25, 0.3) is 0 Å². The fourth-order valence-corrected chi connectivity index (χ4v) is 5.26. The third-order valence-electron chi connectivity index (χ3n) is 7.96. The number of rotatable bonds is 17. The SMILES string of the molecule is C=C(C)[C@@H](Cc1ccc(OC)c(OCCCOC)c1)C[C@H](N)[C@@H](O)C[C@H](C(=O)NC1CCC(N)CC1)C(C)C. The fourth-order valence-electron chi connectivity index (χ4n) is 5.26. The minimum Gasteiger partial charge on any atom is -0.493 e. The lowest BCUT2D eigenvalue weighted by molar-refractivity contribution is -0.128. The second-order valence-corrected chi connectivity index (χ2v) is 11.6. The predicted octanol–water partition coefficient (Wildman–Crippen LogP) is 3.97. The molecule has 0 bridgehead atoms. The van der Waals surface area contributed by atoms with Gasteiger partial charge in [-0.3, -0.25) is 4.79 Å². The Balaban J connectivity index is 2.00. The Bertz CT molecular complexity index is 885. The molecule has 0 unspecified atom stereocenters. The molecule has 1 aromatic carbocycles. The number of benzene rings is 1. The van der Waals surface area contributed by atoms with E-state index in [-0.39, 0.29) is 35.7 Å². The minimum absolute atomic E-state index is 0.00411. The van der Waals surface area contributed by atoms with Crippen LogP contribution in [0.3, 0.4) is 0 Å². The van der Waals surface area contributed by atoms with Gasteiger partial charge < -0.3 is 36.1 Å². The zero-order valence-electron chi connectivity index (χ0n) is 24.8. The van der Waals surface area contributed by atoms with E-state index in [0.29, 0.717) is 44.0 Å². The van der Waals surface area contributed by atoms with Crippen molar-refractivity contribution in [3.63, 3.8) is 0 Å². The van der Waals surface area contributed by atoms with Crippen LogP contribution in [0.15, 0.2) is 30.4 Å². The summed E-state index contributed by atoms with van der Waals surface area (Å²) in [6, 6.07) is 5.86. The Labute approximate surface area is 235 Å². The monoisotopic (exact) mass is 547 g/mol. The summed E-state index contributed by atoms with van der Waals surface area (Å²) in [5.41, 5.74) is 14.6. The summed E-state index contributed by atoms with van der Waals surface area (Å²) in [5.74, 6) is 1.25. The average Bonchev–Trinajstić information content (AvgIpc) is 2.90. The molecule has 1 aliphatic rings. The molecule has 1 saturated carbocycles. The van der Waals surface area contributed by atoms with E-state index in [0.717, 1.165) is 43.2 Å². The Morgan fingerprint density at radius 3 is 2.41 bits per heavy atom. The molecule has 0 aliphatic heterocycles. The standard InChI is InChI=1S/C31H53N3O5/c1-20(2)23(16-22-8-13-29(38-6)30(17-22)39-15-7-14-37-5)18-27(33)28(35)19-26(21(3)4)31(36)34-25-11-9-24(32)10-12-25/h8,13,17,21,23-28,35H,1,7,9-12,14-16,18-19,32-33H2,2-6H3,(H,34,36)/t23-,24?,25?,26-,27-,28-/m0/s1. The van der Waals surface area contributed by atoms with Crippen LogP contribution in [0.5, 0.6) is 11.5 Å². The molecule has 0 heterocycles. The summed E-state index contributed by atoms with van der Waals surface area (Å²) in [6.07, 6.45) is 5.30. The summed E-state index contributed by atoms with van der Waals surface area (Å²) in [5, 5.41) is 14.3. The molecule has 1 amide bonds. The molecule has 2 rings (SSSR count). The second kappa shape index (κ2) is 16.9. The van der Waals surface area contributed by atoms with Crippen LogP contribution in [0.1, 0.15) is 71.3 Å². The number of methoxy groups -OCH3 is 2. The van der Waals surface area contributed by atoms with Crippen LogP contribution in [0.4, 0.5) is 0 Å². The third kappa shape index (κ3) is 11.1. The Hall–Kier alpha value is -2.13. The molecule has 4 atom stereocenters. The van der Waals surface area contributed by atoms with Crippen molar-refractivity contribution in [3.05, 3.63) is 35.9 Å². The molecular formula is C31H53N3O5. The molecule has 0 saturated heterocycles. The topological polar surface area (TPSA) is 129 Å². The lowest BCUT2D eigenvalue weighted by Gasteiger charge is -2.31. The molecule has 0 aromatic heterocycles. The van der Waals surface area contributed by atoms with Gasteiger partial charge in [-0.25, -0.2) is 0 Å². The number of aliphatic hydroxyl groups excluding tert-OH is 1. The summed E-state index contributed by atoms with van der Waals surface area (Å²) in [7, 11) is 3.30. The maximum atomic E-state index is 13.1. The van der Waals surface area contributed by atoms with Crippen molar-refractivity contribution in [1.82, 2.24) is 5.32 Å². The molecular weight excluding hydrogens is 494 g/mol. The fraction of sp³-hybridized carbons (Fsp3) is 0.710. The lowest BCUT2D eigenvalue weighted by atomic mass is 9.82. The first-order chi connectivity index (χ1) is 18.5. The van der Waals surface area contributed by atoms with Crippen LogP contribution in [0, 0.1) is 17.8 Å². The highest BCUT2D eigenvalue weighted by atomic mass is 16.5. The van der Waals surface area contributed by atoms with Gasteiger partial charge in [-0.2, -0.15) is 0 Å². The molecule has 222 valence electrons. The highest BCUT2D eigenvalue weighted by Gasteiger charge is 2.31. The van der Waals surface area contributed by atoms with E-state index in [4.69, 9.17) is 25.7 Å². The van der Waals surface area contributed by atoms with Gasteiger partial charge in [0, 0.05) is 44.2 Å². The number of hydrogen-bond acceptors (Lipinski definition) is 7. The van der Waals surface area contributed by atoms with Crippen LogP contribution in [-0.4, -0.2) is 62.7 Å². The minimum atomic E-state index is -0.791. The van der Waals surface area contributed by atoms with Crippen LogP contribution in [0.2, 0.25) is 0 Å². The van der Waals surface area contributed by atoms with E-state index in [1.807, 2.05) is 39.0 Å². The maximum absolute atomic E-state index is 13.1. The highest BCUT2D eigenvalue weighted by molar-refractivity contribution is 5.79. The van der Waals surface area contributed by atoms with Crippen molar-refractivity contribution in [2.45, 2.75) is 96.4 Å². The lowest BCUT2D eigenvalue weighted by Crippen LogP contribution is -2.46. The van der Waals surface area contributed by atoms with Gasteiger partial charge in [-0.1, -0.05) is 32.1 Å². The quantitative estimate of drug-likeness (QED) is 0.172. The van der Waals surface area contributed by atoms with Gasteiger partial charge in [-0.05, 0) is 81.4 Å². The van der Waals surface area contributed by atoms with Gasteiger partial charge in [0.1, 0.15) is 0 Å². The zero-order chi connectivity index (χ0) is 28.9. The van der Waals surface area contributed by atoms with Gasteiger partial charge >= 0.3 is 0 Å². The second-order valence-electron chi connectivity index (χ2n) is 11.6. The van der Waals surface area contributed by atoms with Crippen LogP contribution < -0.4 is 26.3 Å². The molecule has 0 spiro atoms. The molecule has 8 heteroatoms. The first-order valence-electron chi connectivity index (χ1n) is 14.5. The van der Waals surface area contributed by atoms with Crippen molar-refractivity contribution >= 4 is 5.91 Å². The van der Waals surface area contributed by atoms with Gasteiger partial charge in [-0.15, -0.1) is 0 Å². The predicted molar refractivity (Wildman–Crippen MR) is 157 cm³/mol. The third-order valence-corrected chi connectivity index (χ3v) is 7.96. The Morgan fingerprint density at radius 1 is 1.13 bits per heavy atom. The van der Waals surface area contributed by atoms with Gasteiger partial charge in [0.2, 0.25) is 5.91 Å².